The minimum absolute atomic E-state index is 0.216. The maximum absolute atomic E-state index is 12.7. The minimum Gasteiger partial charge on any atom is -0.462 e. The van der Waals surface area contributed by atoms with Crippen LogP contribution in [-0.4, -0.2) is 89.0 Å². The Bertz CT molecular complexity index is 835. The van der Waals surface area contributed by atoms with Crippen LogP contribution in [0.3, 0.4) is 0 Å². The molecule has 0 spiro atoms. The second-order valence-corrected chi connectivity index (χ2v) is 14.1. The van der Waals surface area contributed by atoms with E-state index in [-0.39, 0.29) is 32.0 Å². The standard InChI is InChI=1S/C40H74O10/c1-3-5-7-9-11-13-15-17-19-20-22-24-26-28-35(42)47-31-33(32-48-40-39(46)38(45)37(44)34(30-41)50-40)49-36(43)29-27-25-23-21-18-16-14-12-10-8-6-4-2/h12,14,33-34,37-41,44-46H,3-11,13,15-32H2,1-2H3/b14-12+/t33-,34-,37+,38?,39?,40-/m0/s1. The van der Waals surface area contributed by atoms with Crippen LogP contribution < -0.4 is 0 Å². The van der Waals surface area contributed by atoms with E-state index in [0.717, 1.165) is 57.8 Å². The highest BCUT2D eigenvalue weighted by molar-refractivity contribution is 5.70. The summed E-state index contributed by atoms with van der Waals surface area (Å²) in [4.78, 5) is 25.2. The number of hydrogen-bond donors (Lipinski definition) is 4. The number of ether oxygens (including phenoxy) is 4. The van der Waals surface area contributed by atoms with Crippen LogP contribution in [0.15, 0.2) is 12.2 Å². The van der Waals surface area contributed by atoms with Gasteiger partial charge < -0.3 is 39.4 Å². The quantitative estimate of drug-likeness (QED) is 0.0304. The summed E-state index contributed by atoms with van der Waals surface area (Å²) in [6.07, 6.45) is 23.6. The van der Waals surface area contributed by atoms with Crippen molar-refractivity contribution in [1.82, 2.24) is 0 Å². The van der Waals surface area contributed by atoms with Crippen molar-refractivity contribution >= 4 is 11.9 Å². The molecule has 1 heterocycles. The summed E-state index contributed by atoms with van der Waals surface area (Å²) in [6.45, 7) is 3.38. The third-order valence-corrected chi connectivity index (χ3v) is 9.40. The predicted octanol–water partition coefficient (Wildman–Crippen LogP) is 7.61. The van der Waals surface area contributed by atoms with Crippen molar-refractivity contribution < 1.29 is 49.0 Å². The molecule has 6 atom stereocenters. The van der Waals surface area contributed by atoms with E-state index in [4.69, 9.17) is 18.9 Å². The number of carbonyl (C=O) groups is 2. The Balaban J connectivity index is 2.38. The summed E-state index contributed by atoms with van der Waals surface area (Å²) in [6, 6.07) is 0. The van der Waals surface area contributed by atoms with E-state index < -0.39 is 49.4 Å². The molecule has 50 heavy (non-hydrogen) atoms. The Hall–Kier alpha value is -1.56. The van der Waals surface area contributed by atoms with Gasteiger partial charge in [-0.15, -0.1) is 0 Å². The van der Waals surface area contributed by atoms with Crippen molar-refractivity contribution in [3.63, 3.8) is 0 Å². The fourth-order valence-corrected chi connectivity index (χ4v) is 6.12. The van der Waals surface area contributed by atoms with E-state index in [1.54, 1.807) is 0 Å². The van der Waals surface area contributed by atoms with E-state index in [0.29, 0.717) is 6.42 Å². The van der Waals surface area contributed by atoms with Crippen molar-refractivity contribution in [3.8, 4) is 0 Å². The third kappa shape index (κ3) is 23.8. The lowest BCUT2D eigenvalue weighted by atomic mass is 9.99. The van der Waals surface area contributed by atoms with Crippen molar-refractivity contribution in [2.75, 3.05) is 19.8 Å². The Morgan fingerprint density at radius 1 is 0.600 bits per heavy atom. The van der Waals surface area contributed by atoms with Gasteiger partial charge in [0, 0.05) is 12.8 Å². The van der Waals surface area contributed by atoms with Crippen LogP contribution >= 0.6 is 0 Å². The van der Waals surface area contributed by atoms with Gasteiger partial charge in [-0.05, 0) is 38.5 Å². The molecule has 1 saturated heterocycles. The van der Waals surface area contributed by atoms with Gasteiger partial charge in [-0.2, -0.15) is 0 Å². The Morgan fingerprint density at radius 3 is 1.60 bits per heavy atom. The maximum Gasteiger partial charge on any atom is 0.306 e. The molecule has 294 valence electrons. The fraction of sp³-hybridized carbons (Fsp3) is 0.900. The van der Waals surface area contributed by atoms with E-state index in [2.05, 4.69) is 26.0 Å². The molecular formula is C40H74O10. The number of carbonyl (C=O) groups excluding carboxylic acids is 2. The average molecular weight is 715 g/mol. The number of esters is 2. The molecule has 0 aromatic rings. The molecule has 0 amide bonds. The van der Waals surface area contributed by atoms with Crippen LogP contribution in [0.2, 0.25) is 0 Å². The van der Waals surface area contributed by atoms with Crippen LogP contribution in [0.1, 0.15) is 174 Å². The lowest BCUT2D eigenvalue weighted by Gasteiger charge is -2.39. The highest BCUT2D eigenvalue weighted by Crippen LogP contribution is 2.22. The molecule has 0 aromatic carbocycles. The molecule has 0 radical (unpaired) electrons. The molecular weight excluding hydrogens is 640 g/mol. The highest BCUT2D eigenvalue weighted by Gasteiger charge is 2.44. The minimum atomic E-state index is -1.59. The molecule has 0 bridgehead atoms. The Morgan fingerprint density at radius 2 is 1.06 bits per heavy atom. The number of hydrogen-bond acceptors (Lipinski definition) is 10. The summed E-state index contributed by atoms with van der Waals surface area (Å²) >= 11 is 0. The number of aliphatic hydroxyl groups is 4. The molecule has 4 N–H and O–H groups in total. The van der Waals surface area contributed by atoms with Crippen molar-refractivity contribution in [2.24, 2.45) is 0 Å². The first-order valence-electron chi connectivity index (χ1n) is 20.3. The fourth-order valence-electron chi connectivity index (χ4n) is 6.12. The van der Waals surface area contributed by atoms with E-state index in [1.165, 1.54) is 83.5 Å². The largest absolute Gasteiger partial charge is 0.462 e. The zero-order chi connectivity index (χ0) is 36.7. The van der Waals surface area contributed by atoms with Crippen LogP contribution in [0, 0.1) is 0 Å². The summed E-state index contributed by atoms with van der Waals surface area (Å²) < 4.78 is 22.1. The first-order chi connectivity index (χ1) is 24.3. The number of unbranched alkanes of at least 4 members (excludes halogenated alkanes) is 20. The molecule has 1 rings (SSSR count). The van der Waals surface area contributed by atoms with E-state index in [9.17, 15) is 30.0 Å². The topological polar surface area (TPSA) is 152 Å². The second-order valence-electron chi connectivity index (χ2n) is 14.1. The van der Waals surface area contributed by atoms with Gasteiger partial charge in [0.15, 0.2) is 12.4 Å². The molecule has 1 fully saturated rings. The smallest absolute Gasteiger partial charge is 0.306 e. The van der Waals surface area contributed by atoms with Crippen molar-refractivity contribution in [1.29, 1.82) is 0 Å². The van der Waals surface area contributed by atoms with Gasteiger partial charge in [0.1, 0.15) is 31.0 Å². The van der Waals surface area contributed by atoms with Crippen LogP contribution in [-0.2, 0) is 28.5 Å². The summed E-state index contributed by atoms with van der Waals surface area (Å²) in [5, 5.41) is 39.9. The van der Waals surface area contributed by atoms with Gasteiger partial charge in [0.05, 0.1) is 13.2 Å². The Labute approximate surface area is 303 Å². The molecule has 0 saturated carbocycles. The van der Waals surface area contributed by atoms with Crippen LogP contribution in [0.25, 0.3) is 0 Å². The lowest BCUT2D eigenvalue weighted by molar-refractivity contribution is -0.305. The molecule has 10 heteroatoms. The van der Waals surface area contributed by atoms with Gasteiger partial charge in [0.25, 0.3) is 0 Å². The van der Waals surface area contributed by atoms with Gasteiger partial charge in [-0.1, -0.05) is 135 Å². The highest BCUT2D eigenvalue weighted by atomic mass is 16.7. The molecule has 2 unspecified atom stereocenters. The third-order valence-electron chi connectivity index (χ3n) is 9.40. The Kier molecular flexibility index (Phi) is 29.8. The predicted molar refractivity (Wildman–Crippen MR) is 196 cm³/mol. The molecule has 0 aliphatic carbocycles. The van der Waals surface area contributed by atoms with Crippen LogP contribution in [0.4, 0.5) is 0 Å². The molecule has 1 aliphatic rings. The normalized spacial score (nSPS) is 21.4. The summed E-state index contributed by atoms with van der Waals surface area (Å²) in [7, 11) is 0. The number of rotatable bonds is 33. The summed E-state index contributed by atoms with van der Waals surface area (Å²) in [5.74, 6) is -0.812. The SMILES string of the molecule is CCCCC/C=C/CCCCCCCC(=O)O[C@@H](COC(=O)CCCCCCCCCCCCCCC)CO[C@H]1O[C@@H](CO)[C@@H](O)C(O)C1O. The molecule has 0 aromatic heterocycles. The average Bonchev–Trinajstić information content (AvgIpc) is 3.11. The van der Waals surface area contributed by atoms with Crippen molar-refractivity contribution in [2.45, 2.75) is 211 Å². The summed E-state index contributed by atoms with van der Waals surface area (Å²) in [5.41, 5.74) is 0. The van der Waals surface area contributed by atoms with Gasteiger partial charge in [-0.25, -0.2) is 0 Å². The molecule has 10 nitrogen and oxygen atoms in total. The maximum atomic E-state index is 12.7. The van der Waals surface area contributed by atoms with Gasteiger partial charge in [0.2, 0.25) is 0 Å². The number of aliphatic hydroxyl groups excluding tert-OH is 4. The van der Waals surface area contributed by atoms with Gasteiger partial charge >= 0.3 is 11.9 Å². The monoisotopic (exact) mass is 715 g/mol. The van der Waals surface area contributed by atoms with Gasteiger partial charge in [-0.3, -0.25) is 9.59 Å². The van der Waals surface area contributed by atoms with E-state index in [1.807, 2.05) is 0 Å². The first kappa shape index (κ1) is 46.5. The lowest BCUT2D eigenvalue weighted by Crippen LogP contribution is -2.59. The second kappa shape index (κ2) is 32.1. The number of allylic oxidation sites excluding steroid dienone is 2. The van der Waals surface area contributed by atoms with E-state index >= 15 is 0 Å². The van der Waals surface area contributed by atoms with Crippen molar-refractivity contribution in [3.05, 3.63) is 12.2 Å². The van der Waals surface area contributed by atoms with Crippen LogP contribution in [0.5, 0.6) is 0 Å². The first-order valence-corrected chi connectivity index (χ1v) is 20.3. The molecule has 1 aliphatic heterocycles. The zero-order valence-electron chi connectivity index (χ0n) is 31.7. The zero-order valence-corrected chi connectivity index (χ0v) is 31.7.